The smallest absolute Gasteiger partial charge is 0.407 e. The number of carbonyl (C=O) groups is 1. The van der Waals surface area contributed by atoms with Gasteiger partial charge in [0, 0.05) is 25.2 Å². The molecule has 2 aromatic heterocycles. The van der Waals surface area contributed by atoms with Crippen molar-refractivity contribution in [3.05, 3.63) is 36.4 Å². The number of pyridine rings is 1. The average Bonchev–Trinajstić information content (AvgIpc) is 2.82. The Hall–Kier alpha value is -2.04. The molecule has 18 heavy (non-hydrogen) atoms. The minimum Gasteiger partial charge on any atom is -0.465 e. The summed E-state index contributed by atoms with van der Waals surface area (Å²) in [6, 6.07) is 5.98. The molecule has 0 aliphatic carbocycles. The third kappa shape index (κ3) is 1.81. The molecule has 1 saturated heterocycles. The van der Waals surface area contributed by atoms with E-state index in [1.165, 1.54) is 4.90 Å². The lowest BCUT2D eigenvalue weighted by Crippen LogP contribution is -2.38. The zero-order chi connectivity index (χ0) is 12.5. The van der Waals surface area contributed by atoms with Gasteiger partial charge in [-0.25, -0.2) is 9.78 Å². The maximum Gasteiger partial charge on any atom is 0.407 e. The van der Waals surface area contributed by atoms with Gasteiger partial charge in [0.25, 0.3) is 0 Å². The van der Waals surface area contributed by atoms with Crippen molar-refractivity contribution in [3.8, 4) is 0 Å². The van der Waals surface area contributed by atoms with E-state index < -0.39 is 6.09 Å². The van der Waals surface area contributed by atoms with Crippen LogP contribution >= 0.6 is 0 Å². The first-order valence-corrected chi connectivity index (χ1v) is 6.15. The van der Waals surface area contributed by atoms with E-state index in [2.05, 4.69) is 4.98 Å². The summed E-state index contributed by atoms with van der Waals surface area (Å²) in [5.41, 5.74) is 2.09. The zero-order valence-electron chi connectivity index (χ0n) is 9.99. The summed E-state index contributed by atoms with van der Waals surface area (Å²) in [7, 11) is 0. The predicted octanol–water partition coefficient (Wildman–Crippen LogP) is 2.19. The van der Waals surface area contributed by atoms with Gasteiger partial charge in [0.05, 0.1) is 17.5 Å². The second-order valence-corrected chi connectivity index (χ2v) is 4.69. The molecule has 0 aromatic carbocycles. The van der Waals surface area contributed by atoms with Crippen molar-refractivity contribution in [3.63, 3.8) is 0 Å². The van der Waals surface area contributed by atoms with Crippen LogP contribution in [0.4, 0.5) is 4.79 Å². The first kappa shape index (κ1) is 11.1. The maximum absolute atomic E-state index is 11.0. The van der Waals surface area contributed by atoms with E-state index in [1.54, 1.807) is 6.33 Å². The van der Waals surface area contributed by atoms with Gasteiger partial charge in [-0.3, -0.25) is 0 Å². The number of nitrogens with zero attached hydrogens (tertiary/aromatic N) is 3. The van der Waals surface area contributed by atoms with Crippen LogP contribution in [0, 0.1) is 0 Å². The number of piperidine rings is 1. The largest absolute Gasteiger partial charge is 0.465 e. The zero-order valence-corrected chi connectivity index (χ0v) is 9.99. The highest BCUT2D eigenvalue weighted by Gasteiger charge is 2.26. The highest BCUT2D eigenvalue weighted by molar-refractivity contribution is 5.65. The Bertz CT molecular complexity index is 578. The van der Waals surface area contributed by atoms with Crippen LogP contribution in [0.3, 0.4) is 0 Å². The second kappa shape index (κ2) is 4.33. The molecule has 3 heterocycles. The lowest BCUT2D eigenvalue weighted by molar-refractivity contribution is 0.130. The molecule has 0 spiro atoms. The highest BCUT2D eigenvalue weighted by Crippen LogP contribution is 2.28. The molecule has 0 saturated carbocycles. The Morgan fingerprint density at radius 3 is 3.17 bits per heavy atom. The summed E-state index contributed by atoms with van der Waals surface area (Å²) in [6.07, 6.45) is 4.84. The van der Waals surface area contributed by atoms with E-state index in [-0.39, 0.29) is 5.92 Å². The van der Waals surface area contributed by atoms with Gasteiger partial charge in [-0.15, -0.1) is 0 Å². The molecule has 5 heteroatoms. The van der Waals surface area contributed by atoms with E-state index in [0.29, 0.717) is 13.1 Å². The first-order chi connectivity index (χ1) is 8.75. The van der Waals surface area contributed by atoms with E-state index >= 15 is 0 Å². The van der Waals surface area contributed by atoms with Crippen molar-refractivity contribution < 1.29 is 9.90 Å². The van der Waals surface area contributed by atoms with Crippen LogP contribution in [0.1, 0.15) is 24.5 Å². The van der Waals surface area contributed by atoms with Gasteiger partial charge in [0.15, 0.2) is 0 Å². The Kier molecular flexibility index (Phi) is 2.66. The lowest BCUT2D eigenvalue weighted by Gasteiger charge is -2.29. The number of imidazole rings is 1. The summed E-state index contributed by atoms with van der Waals surface area (Å²) >= 11 is 0. The SMILES string of the molecule is O=C(O)N1CCCC(c2ncn3ccccc23)C1. The van der Waals surface area contributed by atoms with Crippen molar-refractivity contribution in [1.82, 2.24) is 14.3 Å². The Morgan fingerprint density at radius 1 is 1.44 bits per heavy atom. The van der Waals surface area contributed by atoms with Crippen molar-refractivity contribution in [2.24, 2.45) is 0 Å². The Balaban J connectivity index is 1.92. The number of rotatable bonds is 1. The van der Waals surface area contributed by atoms with Gasteiger partial charge >= 0.3 is 6.09 Å². The molecule has 1 aliphatic heterocycles. The molecular weight excluding hydrogens is 230 g/mol. The monoisotopic (exact) mass is 245 g/mol. The molecule has 0 bridgehead atoms. The molecule has 1 aliphatic rings. The molecule has 3 rings (SSSR count). The minimum atomic E-state index is -0.830. The highest BCUT2D eigenvalue weighted by atomic mass is 16.4. The second-order valence-electron chi connectivity index (χ2n) is 4.69. The van der Waals surface area contributed by atoms with Crippen LogP contribution in [0.5, 0.6) is 0 Å². The van der Waals surface area contributed by atoms with Gasteiger partial charge in [0.1, 0.15) is 0 Å². The van der Waals surface area contributed by atoms with Gasteiger partial charge < -0.3 is 14.4 Å². The summed E-state index contributed by atoms with van der Waals surface area (Å²) in [4.78, 5) is 17.0. The predicted molar refractivity (Wildman–Crippen MR) is 66.8 cm³/mol. The summed E-state index contributed by atoms with van der Waals surface area (Å²) < 4.78 is 1.98. The fraction of sp³-hybridized carbons (Fsp3) is 0.385. The van der Waals surface area contributed by atoms with Gasteiger partial charge in [0.2, 0.25) is 0 Å². The Morgan fingerprint density at radius 2 is 2.33 bits per heavy atom. The summed E-state index contributed by atoms with van der Waals surface area (Å²) in [6.45, 7) is 1.19. The normalized spacial score (nSPS) is 20.2. The average molecular weight is 245 g/mol. The first-order valence-electron chi connectivity index (χ1n) is 6.15. The van der Waals surface area contributed by atoms with E-state index in [0.717, 1.165) is 24.1 Å². The molecule has 94 valence electrons. The molecule has 1 fully saturated rings. The molecule has 2 aromatic rings. The molecular formula is C13H15N3O2. The summed E-state index contributed by atoms with van der Waals surface area (Å²) in [5.74, 6) is 0.210. The Labute approximate surface area is 105 Å². The standard InChI is InChI=1S/C13H15N3O2/c17-13(18)15-7-3-4-10(8-15)12-11-5-1-2-6-16(11)9-14-12/h1-2,5-6,9-10H,3-4,7-8H2,(H,17,18). The number of carboxylic acid groups (broad SMARTS) is 1. The van der Waals surface area contributed by atoms with Crippen LogP contribution in [-0.4, -0.2) is 38.6 Å². The van der Waals surface area contributed by atoms with Gasteiger partial charge in [-0.05, 0) is 25.0 Å². The van der Waals surface area contributed by atoms with Crippen molar-refractivity contribution in [2.75, 3.05) is 13.1 Å². The number of aromatic nitrogens is 2. The third-order valence-electron chi connectivity index (χ3n) is 3.55. The third-order valence-corrected chi connectivity index (χ3v) is 3.55. The lowest BCUT2D eigenvalue weighted by atomic mass is 9.94. The number of fused-ring (bicyclic) bond motifs is 1. The van der Waals surface area contributed by atoms with Crippen LogP contribution in [0.25, 0.3) is 5.52 Å². The molecule has 1 unspecified atom stereocenters. The van der Waals surface area contributed by atoms with Crippen molar-refractivity contribution in [1.29, 1.82) is 0 Å². The molecule has 0 radical (unpaired) electrons. The quantitative estimate of drug-likeness (QED) is 0.837. The molecule has 5 nitrogen and oxygen atoms in total. The van der Waals surface area contributed by atoms with E-state index in [9.17, 15) is 4.79 Å². The van der Waals surface area contributed by atoms with Gasteiger partial charge in [-0.1, -0.05) is 6.07 Å². The molecule has 1 N–H and O–H groups in total. The minimum absolute atomic E-state index is 0.210. The van der Waals surface area contributed by atoms with Crippen molar-refractivity contribution in [2.45, 2.75) is 18.8 Å². The van der Waals surface area contributed by atoms with Crippen LogP contribution in [0.15, 0.2) is 30.7 Å². The number of hydrogen-bond acceptors (Lipinski definition) is 2. The number of amides is 1. The fourth-order valence-electron chi connectivity index (χ4n) is 2.65. The van der Waals surface area contributed by atoms with Crippen LogP contribution in [0.2, 0.25) is 0 Å². The summed E-state index contributed by atoms with van der Waals surface area (Å²) in [5, 5.41) is 9.07. The molecule has 1 amide bonds. The fourth-order valence-corrected chi connectivity index (χ4v) is 2.65. The van der Waals surface area contributed by atoms with E-state index in [4.69, 9.17) is 5.11 Å². The van der Waals surface area contributed by atoms with Crippen LogP contribution in [-0.2, 0) is 0 Å². The molecule has 1 atom stereocenters. The van der Waals surface area contributed by atoms with Crippen molar-refractivity contribution >= 4 is 11.6 Å². The topological polar surface area (TPSA) is 57.8 Å². The van der Waals surface area contributed by atoms with Gasteiger partial charge in [-0.2, -0.15) is 0 Å². The van der Waals surface area contributed by atoms with Crippen LogP contribution < -0.4 is 0 Å². The number of likely N-dealkylation sites (tertiary alicyclic amines) is 1. The van der Waals surface area contributed by atoms with E-state index in [1.807, 2.05) is 28.8 Å². The number of hydrogen-bond donors (Lipinski definition) is 1. The maximum atomic E-state index is 11.0.